The number of aromatic nitrogens is 2. The van der Waals surface area contributed by atoms with Gasteiger partial charge in [0.25, 0.3) is 0 Å². The lowest BCUT2D eigenvalue weighted by Gasteiger charge is -2.14. The molecule has 0 fully saturated rings. The first-order chi connectivity index (χ1) is 12.1. The quantitative estimate of drug-likeness (QED) is 0.670. The van der Waals surface area contributed by atoms with Crippen molar-refractivity contribution in [2.45, 2.75) is 25.8 Å². The second kappa shape index (κ2) is 8.07. The molecule has 0 aliphatic rings. The van der Waals surface area contributed by atoms with Gasteiger partial charge in [0, 0.05) is 22.9 Å². The molecule has 0 spiro atoms. The van der Waals surface area contributed by atoms with Crippen LogP contribution >= 0.6 is 15.9 Å². The second-order valence-corrected chi connectivity index (χ2v) is 6.63. The lowest BCUT2D eigenvalue weighted by molar-refractivity contribution is -0.121. The Morgan fingerprint density at radius 2 is 1.88 bits per heavy atom. The van der Waals surface area contributed by atoms with E-state index in [1.807, 2.05) is 61.5 Å². The molecule has 0 radical (unpaired) electrons. The van der Waals surface area contributed by atoms with Crippen molar-refractivity contribution in [2.75, 3.05) is 0 Å². The second-order valence-electron chi connectivity index (χ2n) is 5.72. The van der Waals surface area contributed by atoms with E-state index in [4.69, 9.17) is 4.52 Å². The van der Waals surface area contributed by atoms with Crippen LogP contribution in [0.4, 0.5) is 0 Å². The Hall–Kier alpha value is -2.47. The zero-order chi connectivity index (χ0) is 17.6. The highest BCUT2D eigenvalue weighted by Gasteiger charge is 2.13. The van der Waals surface area contributed by atoms with E-state index in [9.17, 15) is 4.79 Å². The molecule has 128 valence electrons. The van der Waals surface area contributed by atoms with Crippen LogP contribution in [0.15, 0.2) is 63.6 Å². The van der Waals surface area contributed by atoms with E-state index in [0.717, 1.165) is 15.6 Å². The first-order valence-corrected chi connectivity index (χ1v) is 8.84. The maximum absolute atomic E-state index is 12.1. The largest absolute Gasteiger partial charge is 0.350 e. The van der Waals surface area contributed by atoms with E-state index in [1.165, 1.54) is 0 Å². The van der Waals surface area contributed by atoms with Crippen LogP contribution in [0.3, 0.4) is 0 Å². The first kappa shape index (κ1) is 17.4. The summed E-state index contributed by atoms with van der Waals surface area (Å²) in [5.41, 5.74) is 1.95. The number of amides is 1. The molecule has 25 heavy (non-hydrogen) atoms. The number of carbonyl (C=O) groups is 1. The fourth-order valence-corrected chi connectivity index (χ4v) is 2.69. The summed E-state index contributed by atoms with van der Waals surface area (Å²) < 4.78 is 6.24. The van der Waals surface area contributed by atoms with Crippen molar-refractivity contribution in [3.63, 3.8) is 0 Å². The average Bonchev–Trinajstić information content (AvgIpc) is 3.10. The predicted octanol–water partition coefficient (Wildman–Crippen LogP) is 4.31. The molecule has 1 N–H and O–H groups in total. The van der Waals surface area contributed by atoms with Gasteiger partial charge in [-0.05, 0) is 24.6 Å². The molecule has 1 unspecified atom stereocenters. The zero-order valence-electron chi connectivity index (χ0n) is 13.8. The number of benzene rings is 2. The van der Waals surface area contributed by atoms with Crippen molar-refractivity contribution >= 4 is 21.8 Å². The summed E-state index contributed by atoms with van der Waals surface area (Å²) in [6, 6.07) is 17.4. The summed E-state index contributed by atoms with van der Waals surface area (Å²) in [4.78, 5) is 16.5. The van der Waals surface area contributed by atoms with Crippen molar-refractivity contribution in [1.82, 2.24) is 15.5 Å². The van der Waals surface area contributed by atoms with E-state index < -0.39 is 0 Å². The monoisotopic (exact) mass is 399 g/mol. The maximum atomic E-state index is 12.1. The predicted molar refractivity (Wildman–Crippen MR) is 98.8 cm³/mol. The molecular weight excluding hydrogens is 382 g/mol. The third kappa shape index (κ3) is 4.76. The third-order valence-corrected chi connectivity index (χ3v) is 4.34. The smallest absolute Gasteiger partial charge is 0.227 e. The third-order valence-electron chi connectivity index (χ3n) is 3.81. The molecule has 3 rings (SSSR count). The normalized spacial score (nSPS) is 11.9. The Morgan fingerprint density at radius 1 is 1.16 bits per heavy atom. The number of nitrogens with zero attached hydrogens (tertiary/aromatic N) is 2. The van der Waals surface area contributed by atoms with Crippen molar-refractivity contribution in [1.29, 1.82) is 0 Å². The summed E-state index contributed by atoms with van der Waals surface area (Å²) in [6.45, 7) is 1.96. The number of hydrogen-bond donors (Lipinski definition) is 1. The molecule has 1 heterocycles. The van der Waals surface area contributed by atoms with Crippen LogP contribution < -0.4 is 5.32 Å². The highest BCUT2D eigenvalue weighted by atomic mass is 79.9. The zero-order valence-corrected chi connectivity index (χ0v) is 15.4. The topological polar surface area (TPSA) is 68.0 Å². The molecule has 0 bridgehead atoms. The molecule has 0 saturated carbocycles. The number of hydrogen-bond acceptors (Lipinski definition) is 4. The Labute approximate surface area is 154 Å². The summed E-state index contributed by atoms with van der Waals surface area (Å²) >= 11 is 3.40. The Morgan fingerprint density at radius 3 is 2.60 bits per heavy atom. The van der Waals surface area contributed by atoms with Crippen molar-refractivity contribution in [3.05, 3.63) is 70.5 Å². The van der Waals surface area contributed by atoms with Gasteiger partial charge in [-0.25, -0.2) is 0 Å². The molecule has 5 nitrogen and oxygen atoms in total. The van der Waals surface area contributed by atoms with Gasteiger partial charge in [0.1, 0.15) is 0 Å². The van der Waals surface area contributed by atoms with Crippen LogP contribution in [0.1, 0.15) is 30.8 Å². The minimum atomic E-state index is -0.0526. The number of aryl methyl sites for hydroxylation is 1. The van der Waals surface area contributed by atoms with Crippen LogP contribution in [-0.4, -0.2) is 16.0 Å². The molecule has 3 aromatic rings. The number of carbonyl (C=O) groups excluding carboxylic acids is 1. The Kier molecular flexibility index (Phi) is 5.60. The van der Waals surface area contributed by atoms with Crippen molar-refractivity contribution < 1.29 is 9.32 Å². The number of rotatable bonds is 6. The molecule has 1 atom stereocenters. The standard InChI is InChI=1S/C19H18BrN3O2/c1-13(14-7-9-16(20)10-8-14)21-17(24)11-12-18-22-19(23-25-18)15-5-3-2-4-6-15/h2-10,13H,11-12H2,1H3,(H,21,24). The molecule has 0 aliphatic heterocycles. The van der Waals surface area contributed by atoms with Gasteiger partial charge in [-0.3, -0.25) is 4.79 Å². The molecular formula is C19H18BrN3O2. The van der Waals surface area contributed by atoms with Crippen LogP contribution in [0.2, 0.25) is 0 Å². The fraction of sp³-hybridized carbons (Fsp3) is 0.211. The lowest BCUT2D eigenvalue weighted by Crippen LogP contribution is -2.26. The minimum absolute atomic E-state index is 0.0464. The molecule has 6 heteroatoms. The summed E-state index contributed by atoms with van der Waals surface area (Å²) in [5.74, 6) is 0.958. The van der Waals surface area contributed by atoms with E-state index in [-0.39, 0.29) is 11.9 Å². The Bertz CT molecular complexity index is 831. The van der Waals surface area contributed by atoms with Crippen molar-refractivity contribution in [2.24, 2.45) is 0 Å². The van der Waals surface area contributed by atoms with Gasteiger partial charge >= 0.3 is 0 Å². The molecule has 0 aliphatic carbocycles. The summed E-state index contributed by atoms with van der Waals surface area (Å²) in [6.07, 6.45) is 0.718. The lowest BCUT2D eigenvalue weighted by atomic mass is 10.1. The molecule has 0 saturated heterocycles. The van der Waals surface area contributed by atoms with Gasteiger partial charge in [-0.1, -0.05) is 63.6 Å². The molecule has 1 amide bonds. The first-order valence-electron chi connectivity index (χ1n) is 8.04. The van der Waals surface area contributed by atoms with Crippen LogP contribution in [-0.2, 0) is 11.2 Å². The summed E-state index contributed by atoms with van der Waals surface area (Å²) in [5, 5.41) is 6.94. The van der Waals surface area contributed by atoms with Crippen LogP contribution in [0.5, 0.6) is 0 Å². The highest BCUT2D eigenvalue weighted by molar-refractivity contribution is 9.10. The number of halogens is 1. The van der Waals surface area contributed by atoms with Crippen LogP contribution in [0, 0.1) is 0 Å². The van der Waals surface area contributed by atoms with E-state index in [2.05, 4.69) is 31.4 Å². The minimum Gasteiger partial charge on any atom is -0.350 e. The average molecular weight is 400 g/mol. The van der Waals surface area contributed by atoms with E-state index in [0.29, 0.717) is 24.6 Å². The van der Waals surface area contributed by atoms with Crippen LogP contribution in [0.25, 0.3) is 11.4 Å². The van der Waals surface area contributed by atoms with Gasteiger partial charge in [0.05, 0.1) is 6.04 Å². The maximum Gasteiger partial charge on any atom is 0.227 e. The van der Waals surface area contributed by atoms with Gasteiger partial charge in [-0.2, -0.15) is 4.98 Å². The molecule has 2 aromatic carbocycles. The molecule has 1 aromatic heterocycles. The SMILES string of the molecule is CC(NC(=O)CCc1nc(-c2ccccc2)no1)c1ccc(Br)cc1. The van der Waals surface area contributed by atoms with Gasteiger partial charge in [-0.15, -0.1) is 0 Å². The fourth-order valence-electron chi connectivity index (χ4n) is 2.43. The highest BCUT2D eigenvalue weighted by Crippen LogP contribution is 2.17. The van der Waals surface area contributed by atoms with E-state index in [1.54, 1.807) is 0 Å². The van der Waals surface area contributed by atoms with Gasteiger partial charge in [0.15, 0.2) is 0 Å². The summed E-state index contributed by atoms with van der Waals surface area (Å²) in [7, 11) is 0. The van der Waals surface area contributed by atoms with Gasteiger partial charge < -0.3 is 9.84 Å². The van der Waals surface area contributed by atoms with E-state index >= 15 is 0 Å². The Balaban J connectivity index is 1.52. The number of nitrogens with one attached hydrogen (secondary N) is 1. The van der Waals surface area contributed by atoms with Crippen molar-refractivity contribution in [3.8, 4) is 11.4 Å². The van der Waals surface area contributed by atoms with Gasteiger partial charge in [0.2, 0.25) is 17.6 Å².